The predicted molar refractivity (Wildman–Crippen MR) is 65.2 cm³/mol. The van der Waals surface area contributed by atoms with Gasteiger partial charge in [0.15, 0.2) is 5.96 Å². The zero-order chi connectivity index (χ0) is 12.4. The number of aromatic nitrogens is 2. The molecule has 6 nitrogen and oxygen atoms in total. The van der Waals surface area contributed by atoms with Crippen LogP contribution in [0.3, 0.4) is 0 Å². The minimum absolute atomic E-state index is 0.161. The molecule has 4 N–H and O–H groups in total. The van der Waals surface area contributed by atoms with Gasteiger partial charge in [0.25, 0.3) is 5.91 Å². The number of para-hydroxylation sites is 1. The maximum atomic E-state index is 11.5. The number of hydrogen-bond acceptors (Lipinski definition) is 2. The Morgan fingerprint density at radius 3 is 2.94 bits per heavy atom. The lowest BCUT2D eigenvalue weighted by Gasteiger charge is -2.02. The lowest BCUT2D eigenvalue weighted by atomic mass is 10.1. The number of aryl methyl sites for hydroxylation is 1. The average molecular weight is 231 g/mol. The Balaban J connectivity index is 2.39. The van der Waals surface area contributed by atoms with Crippen LogP contribution in [0.1, 0.15) is 5.56 Å². The predicted octanol–water partition coefficient (Wildman–Crippen LogP) is -0.0842. The number of benzene rings is 1. The largest absolute Gasteiger partial charge is 0.370 e. The van der Waals surface area contributed by atoms with Crippen LogP contribution in [-0.2, 0) is 18.3 Å². The van der Waals surface area contributed by atoms with E-state index < -0.39 is 0 Å². The summed E-state index contributed by atoms with van der Waals surface area (Å²) < 4.78 is 1.73. The van der Waals surface area contributed by atoms with Crippen LogP contribution in [0.2, 0.25) is 0 Å². The number of carbonyl (C=O) groups excluding carboxylic acids is 1. The van der Waals surface area contributed by atoms with Crippen LogP contribution in [0.15, 0.2) is 29.4 Å². The van der Waals surface area contributed by atoms with E-state index in [4.69, 9.17) is 11.5 Å². The first-order chi connectivity index (χ1) is 8.08. The zero-order valence-electron chi connectivity index (χ0n) is 9.42. The Labute approximate surface area is 97.9 Å². The molecule has 0 spiro atoms. The first-order valence-electron chi connectivity index (χ1n) is 5.10. The number of carbonyl (C=O) groups is 1. The number of rotatable bonds is 2. The molecule has 0 unspecified atom stereocenters. The molecule has 0 aliphatic rings. The first-order valence-corrected chi connectivity index (χ1v) is 5.10. The fourth-order valence-electron chi connectivity index (χ4n) is 1.81. The summed E-state index contributed by atoms with van der Waals surface area (Å²) in [5.41, 5.74) is 12.1. The van der Waals surface area contributed by atoms with Gasteiger partial charge in [-0.3, -0.25) is 9.48 Å². The number of amides is 1. The molecular formula is C11H13N5O. The molecule has 1 aromatic carbocycles. The summed E-state index contributed by atoms with van der Waals surface area (Å²) in [6, 6.07) is 5.68. The highest BCUT2D eigenvalue weighted by atomic mass is 16.1. The SMILES string of the molecule is Cn1ncc2cccc(CC(=O)N=C(N)N)c21. The number of hydrogen-bond donors (Lipinski definition) is 2. The Morgan fingerprint density at radius 1 is 1.47 bits per heavy atom. The molecule has 0 radical (unpaired) electrons. The second kappa shape index (κ2) is 4.25. The minimum atomic E-state index is -0.362. The summed E-state index contributed by atoms with van der Waals surface area (Å²) in [5.74, 6) is -0.578. The third-order valence-corrected chi connectivity index (χ3v) is 2.44. The van der Waals surface area contributed by atoms with E-state index in [0.29, 0.717) is 0 Å². The van der Waals surface area contributed by atoms with Crippen molar-refractivity contribution in [3.05, 3.63) is 30.0 Å². The van der Waals surface area contributed by atoms with Gasteiger partial charge in [-0.2, -0.15) is 10.1 Å². The number of fused-ring (bicyclic) bond motifs is 1. The Hall–Kier alpha value is -2.37. The molecule has 0 aliphatic heterocycles. The monoisotopic (exact) mass is 231 g/mol. The normalized spacial score (nSPS) is 10.4. The number of aliphatic imine (C=N–C) groups is 1. The second-order valence-electron chi connectivity index (χ2n) is 3.73. The number of nitrogens with zero attached hydrogens (tertiary/aromatic N) is 3. The molecule has 2 aromatic rings. The van der Waals surface area contributed by atoms with E-state index in [-0.39, 0.29) is 18.3 Å². The van der Waals surface area contributed by atoms with Crippen molar-refractivity contribution in [2.24, 2.45) is 23.5 Å². The van der Waals surface area contributed by atoms with Crippen molar-refractivity contribution in [3.63, 3.8) is 0 Å². The molecule has 0 saturated heterocycles. The molecule has 88 valence electrons. The summed E-state index contributed by atoms with van der Waals surface area (Å²) in [6.45, 7) is 0. The Kier molecular flexibility index (Phi) is 2.78. The van der Waals surface area contributed by atoms with Gasteiger partial charge in [-0.15, -0.1) is 0 Å². The molecule has 0 fully saturated rings. The van der Waals surface area contributed by atoms with Gasteiger partial charge in [0.05, 0.1) is 18.1 Å². The van der Waals surface area contributed by atoms with Gasteiger partial charge in [0.2, 0.25) is 0 Å². The molecule has 0 aliphatic carbocycles. The maximum Gasteiger partial charge on any atom is 0.253 e. The van der Waals surface area contributed by atoms with E-state index in [1.54, 1.807) is 10.9 Å². The third kappa shape index (κ3) is 2.25. The standard InChI is InChI=1S/C11H13N5O/c1-16-10-7(5-9(17)15-11(12)13)3-2-4-8(10)6-14-16/h2-4,6H,5H2,1H3,(H4,12,13,15,17). The highest BCUT2D eigenvalue weighted by molar-refractivity contribution is 5.94. The van der Waals surface area contributed by atoms with Crippen molar-refractivity contribution in [2.75, 3.05) is 0 Å². The van der Waals surface area contributed by atoms with Crippen molar-refractivity contribution >= 4 is 22.8 Å². The van der Waals surface area contributed by atoms with Gasteiger partial charge in [-0.25, -0.2) is 0 Å². The van der Waals surface area contributed by atoms with E-state index in [9.17, 15) is 4.79 Å². The molecule has 17 heavy (non-hydrogen) atoms. The summed E-state index contributed by atoms with van der Waals surface area (Å²) in [5, 5.41) is 5.13. The second-order valence-corrected chi connectivity index (χ2v) is 3.73. The van der Waals surface area contributed by atoms with E-state index in [2.05, 4.69) is 10.1 Å². The quantitative estimate of drug-likeness (QED) is 0.557. The summed E-state index contributed by atoms with van der Waals surface area (Å²) >= 11 is 0. The summed E-state index contributed by atoms with van der Waals surface area (Å²) in [6.07, 6.45) is 1.92. The lowest BCUT2D eigenvalue weighted by Crippen LogP contribution is -2.24. The zero-order valence-corrected chi connectivity index (χ0v) is 9.42. The third-order valence-electron chi connectivity index (χ3n) is 2.44. The summed E-state index contributed by atoms with van der Waals surface area (Å²) in [4.78, 5) is 15.0. The maximum absolute atomic E-state index is 11.5. The Morgan fingerprint density at radius 2 is 2.24 bits per heavy atom. The van der Waals surface area contributed by atoms with Gasteiger partial charge in [-0.05, 0) is 5.56 Å². The number of guanidine groups is 1. The number of nitrogens with two attached hydrogens (primary N) is 2. The van der Waals surface area contributed by atoms with Gasteiger partial charge in [0, 0.05) is 12.4 Å². The topological polar surface area (TPSA) is 99.3 Å². The van der Waals surface area contributed by atoms with Gasteiger partial charge < -0.3 is 11.5 Å². The Bertz CT molecular complexity index is 595. The molecule has 0 saturated carbocycles. The fourth-order valence-corrected chi connectivity index (χ4v) is 1.81. The highest BCUT2D eigenvalue weighted by Gasteiger charge is 2.09. The van der Waals surface area contributed by atoms with Crippen LogP contribution in [0, 0.1) is 0 Å². The fraction of sp³-hybridized carbons (Fsp3) is 0.182. The van der Waals surface area contributed by atoms with E-state index in [1.807, 2.05) is 25.2 Å². The first kappa shape index (κ1) is 11.1. The van der Waals surface area contributed by atoms with Crippen molar-refractivity contribution in [1.82, 2.24) is 9.78 Å². The van der Waals surface area contributed by atoms with Crippen molar-refractivity contribution < 1.29 is 4.79 Å². The van der Waals surface area contributed by atoms with Crippen molar-refractivity contribution in [2.45, 2.75) is 6.42 Å². The van der Waals surface area contributed by atoms with Gasteiger partial charge in [-0.1, -0.05) is 18.2 Å². The highest BCUT2D eigenvalue weighted by Crippen LogP contribution is 2.18. The van der Waals surface area contributed by atoms with Crippen LogP contribution in [0.5, 0.6) is 0 Å². The minimum Gasteiger partial charge on any atom is -0.370 e. The summed E-state index contributed by atoms with van der Waals surface area (Å²) in [7, 11) is 1.83. The molecule has 1 heterocycles. The molecular weight excluding hydrogens is 218 g/mol. The van der Waals surface area contributed by atoms with Crippen molar-refractivity contribution in [1.29, 1.82) is 0 Å². The molecule has 1 aromatic heterocycles. The molecule has 1 amide bonds. The molecule has 2 rings (SSSR count). The van der Waals surface area contributed by atoms with Crippen molar-refractivity contribution in [3.8, 4) is 0 Å². The van der Waals surface area contributed by atoms with Gasteiger partial charge >= 0.3 is 0 Å². The van der Waals surface area contributed by atoms with Crippen LogP contribution in [0.25, 0.3) is 10.9 Å². The van der Waals surface area contributed by atoms with Crippen LogP contribution in [-0.4, -0.2) is 21.6 Å². The van der Waals surface area contributed by atoms with Crippen LogP contribution < -0.4 is 11.5 Å². The lowest BCUT2D eigenvalue weighted by molar-refractivity contribution is -0.117. The molecule has 0 atom stereocenters. The van der Waals surface area contributed by atoms with Crippen LogP contribution in [0.4, 0.5) is 0 Å². The van der Waals surface area contributed by atoms with Gasteiger partial charge in [0.1, 0.15) is 0 Å². The smallest absolute Gasteiger partial charge is 0.253 e. The van der Waals surface area contributed by atoms with Crippen LogP contribution >= 0.6 is 0 Å². The van der Waals surface area contributed by atoms with E-state index in [1.165, 1.54) is 0 Å². The van der Waals surface area contributed by atoms with E-state index >= 15 is 0 Å². The average Bonchev–Trinajstić information content (AvgIpc) is 2.60. The molecule has 0 bridgehead atoms. The molecule has 6 heteroatoms. The van der Waals surface area contributed by atoms with E-state index in [0.717, 1.165) is 16.5 Å².